The number of pyridine rings is 1. The summed E-state index contributed by atoms with van der Waals surface area (Å²) in [4.78, 5) is 31.3. The third-order valence-electron chi connectivity index (χ3n) is 5.61. The van der Waals surface area contributed by atoms with Crippen LogP contribution in [0.4, 0.5) is 4.39 Å². The van der Waals surface area contributed by atoms with E-state index < -0.39 is 6.17 Å². The van der Waals surface area contributed by atoms with Crippen LogP contribution in [0, 0.1) is 0 Å². The maximum Gasteiger partial charge on any atom is 0.256 e. The molecule has 29 heavy (non-hydrogen) atoms. The molecule has 3 heterocycles. The van der Waals surface area contributed by atoms with Gasteiger partial charge in [0.05, 0.1) is 29.4 Å². The third kappa shape index (κ3) is 3.73. The van der Waals surface area contributed by atoms with Crippen molar-refractivity contribution in [2.75, 3.05) is 0 Å². The van der Waals surface area contributed by atoms with Crippen molar-refractivity contribution in [3.8, 4) is 11.5 Å². The first-order valence-electron chi connectivity index (χ1n) is 10.0. The van der Waals surface area contributed by atoms with E-state index in [4.69, 9.17) is 4.42 Å². The van der Waals surface area contributed by atoms with Gasteiger partial charge < -0.3 is 14.6 Å². The zero-order valence-electron chi connectivity index (χ0n) is 16.5. The van der Waals surface area contributed by atoms with Crippen LogP contribution in [0.1, 0.15) is 74.1 Å². The minimum atomic E-state index is -1.36. The Hall–Kier alpha value is -2.84. The number of amides is 2. The highest BCUT2D eigenvalue weighted by Crippen LogP contribution is 2.32. The number of hydrogen-bond donors (Lipinski definition) is 1. The fourth-order valence-electron chi connectivity index (χ4n) is 4.05. The molecular weight excluding hydrogens is 377 g/mol. The molecule has 4 rings (SSSR count). The van der Waals surface area contributed by atoms with E-state index in [9.17, 15) is 14.0 Å². The molecule has 2 aromatic heterocycles. The number of hydrogen-bond acceptors (Lipinski definition) is 6. The van der Waals surface area contributed by atoms with E-state index in [-0.39, 0.29) is 35.7 Å². The van der Waals surface area contributed by atoms with Crippen molar-refractivity contribution in [2.45, 2.75) is 70.8 Å². The molecule has 3 atom stereocenters. The average Bonchev–Trinajstić information content (AvgIpc) is 3.34. The van der Waals surface area contributed by atoms with Crippen molar-refractivity contribution in [1.82, 2.24) is 25.4 Å². The van der Waals surface area contributed by atoms with Crippen molar-refractivity contribution >= 4 is 11.8 Å². The third-order valence-corrected chi connectivity index (χ3v) is 5.61. The van der Waals surface area contributed by atoms with Crippen LogP contribution >= 0.6 is 0 Å². The number of fused-ring (bicyclic) bond motifs is 1. The molecule has 1 fully saturated rings. The lowest BCUT2D eigenvalue weighted by atomic mass is 9.89. The Kier molecular flexibility index (Phi) is 5.29. The first kappa shape index (κ1) is 19.5. The van der Waals surface area contributed by atoms with E-state index in [0.717, 1.165) is 25.7 Å². The quantitative estimate of drug-likeness (QED) is 0.827. The van der Waals surface area contributed by atoms with Gasteiger partial charge in [-0.1, -0.05) is 19.8 Å². The number of nitrogens with zero attached hydrogens (tertiary/aromatic N) is 4. The molecule has 2 amide bonds. The molecule has 9 heteroatoms. The second kappa shape index (κ2) is 7.88. The molecule has 154 valence electrons. The Morgan fingerprint density at radius 1 is 1.38 bits per heavy atom. The summed E-state index contributed by atoms with van der Waals surface area (Å²) in [7, 11) is 0. The number of alkyl halides is 1. The van der Waals surface area contributed by atoms with Crippen LogP contribution in [0.5, 0.6) is 0 Å². The molecule has 8 nitrogen and oxygen atoms in total. The second-order valence-corrected chi connectivity index (χ2v) is 7.59. The summed E-state index contributed by atoms with van der Waals surface area (Å²) < 4.78 is 18.7. The number of aromatic nitrogens is 3. The standard InChI is InChI=1S/C20H24FN5O3/c1-3-17(27)23-14-6-4-5-7-16(14)26-10-15-13(20(26)28)8-12(9-22-15)19-25-24-18(29-19)11(2)21/h8-9,11,14,16H,3-7,10H2,1-2H3,(H,23,27)/t11?,14-,16?/m1/s1. The van der Waals surface area contributed by atoms with Crippen molar-refractivity contribution in [3.05, 3.63) is 29.4 Å². The minimum absolute atomic E-state index is 0.000704. The molecule has 2 aromatic rings. The van der Waals surface area contributed by atoms with Crippen molar-refractivity contribution in [3.63, 3.8) is 0 Å². The maximum absolute atomic E-state index is 13.4. The highest BCUT2D eigenvalue weighted by Gasteiger charge is 2.39. The zero-order chi connectivity index (χ0) is 20.5. The molecule has 0 radical (unpaired) electrons. The van der Waals surface area contributed by atoms with Crippen LogP contribution in [-0.2, 0) is 11.3 Å². The van der Waals surface area contributed by atoms with Gasteiger partial charge in [-0.3, -0.25) is 14.6 Å². The summed E-state index contributed by atoms with van der Waals surface area (Å²) >= 11 is 0. The average molecular weight is 401 g/mol. The molecule has 1 saturated carbocycles. The molecule has 1 aliphatic carbocycles. The lowest BCUT2D eigenvalue weighted by Gasteiger charge is -2.38. The van der Waals surface area contributed by atoms with Gasteiger partial charge in [-0.15, -0.1) is 10.2 Å². The van der Waals surface area contributed by atoms with Gasteiger partial charge in [-0.05, 0) is 25.8 Å². The number of carbonyl (C=O) groups excluding carboxylic acids is 2. The Morgan fingerprint density at radius 2 is 2.17 bits per heavy atom. The van der Waals surface area contributed by atoms with Crippen molar-refractivity contribution < 1.29 is 18.4 Å². The predicted molar refractivity (Wildman–Crippen MR) is 101 cm³/mol. The molecule has 2 unspecified atom stereocenters. The number of nitrogens with one attached hydrogen (secondary N) is 1. The molecule has 1 N–H and O–H groups in total. The number of rotatable bonds is 5. The van der Waals surface area contributed by atoms with Gasteiger partial charge in [0.15, 0.2) is 6.17 Å². The van der Waals surface area contributed by atoms with Crippen molar-refractivity contribution in [1.29, 1.82) is 0 Å². The molecule has 1 aliphatic heterocycles. The van der Waals surface area contributed by atoms with Gasteiger partial charge in [-0.25, -0.2) is 4.39 Å². The Balaban J connectivity index is 1.57. The maximum atomic E-state index is 13.4. The molecule has 0 bridgehead atoms. The zero-order valence-corrected chi connectivity index (χ0v) is 16.5. The number of carbonyl (C=O) groups is 2. The summed E-state index contributed by atoms with van der Waals surface area (Å²) in [6, 6.07) is 1.58. The van der Waals surface area contributed by atoms with Gasteiger partial charge in [0.2, 0.25) is 11.8 Å². The second-order valence-electron chi connectivity index (χ2n) is 7.59. The van der Waals surface area contributed by atoms with Gasteiger partial charge in [0.1, 0.15) is 0 Å². The van der Waals surface area contributed by atoms with Gasteiger partial charge in [0, 0.05) is 18.7 Å². The van der Waals surface area contributed by atoms with E-state index in [0.29, 0.717) is 29.8 Å². The van der Waals surface area contributed by atoms with Crippen molar-refractivity contribution in [2.24, 2.45) is 0 Å². The normalized spacial score (nSPS) is 22.4. The van der Waals surface area contributed by atoms with E-state index in [1.807, 2.05) is 11.8 Å². The first-order valence-corrected chi connectivity index (χ1v) is 10.0. The van der Waals surface area contributed by atoms with Crippen LogP contribution in [0.15, 0.2) is 16.7 Å². The largest absolute Gasteiger partial charge is 0.417 e. The fraction of sp³-hybridized carbons (Fsp3) is 0.550. The smallest absolute Gasteiger partial charge is 0.256 e. The SMILES string of the molecule is CCC(=O)N[C@@H]1CCCCC1N1Cc2ncc(-c3nnc(C(C)F)o3)cc2C1=O. The summed E-state index contributed by atoms with van der Waals surface area (Å²) in [5, 5.41) is 10.6. The predicted octanol–water partition coefficient (Wildman–Crippen LogP) is 2.96. The topological polar surface area (TPSA) is 101 Å². The summed E-state index contributed by atoms with van der Waals surface area (Å²) in [6.45, 7) is 3.55. The first-order chi connectivity index (χ1) is 14.0. The highest BCUT2D eigenvalue weighted by molar-refractivity contribution is 5.99. The van der Waals surface area contributed by atoms with Crippen LogP contribution in [-0.4, -0.2) is 44.0 Å². The van der Waals surface area contributed by atoms with Gasteiger partial charge in [0.25, 0.3) is 11.8 Å². The van der Waals surface area contributed by atoms with Crippen LogP contribution < -0.4 is 5.32 Å². The Morgan fingerprint density at radius 3 is 2.90 bits per heavy atom. The summed E-state index contributed by atoms with van der Waals surface area (Å²) in [5.74, 6) is -0.0849. The van der Waals surface area contributed by atoms with Gasteiger partial charge in [-0.2, -0.15) is 0 Å². The molecule has 0 spiro atoms. The van der Waals surface area contributed by atoms with E-state index in [1.54, 1.807) is 12.3 Å². The van der Waals surface area contributed by atoms with E-state index >= 15 is 0 Å². The van der Waals surface area contributed by atoms with E-state index in [1.165, 1.54) is 6.92 Å². The molecule has 0 saturated heterocycles. The monoisotopic (exact) mass is 401 g/mol. The van der Waals surface area contributed by atoms with E-state index in [2.05, 4.69) is 20.5 Å². The van der Waals surface area contributed by atoms with Crippen LogP contribution in [0.2, 0.25) is 0 Å². The van der Waals surface area contributed by atoms with Gasteiger partial charge >= 0.3 is 0 Å². The van der Waals surface area contributed by atoms with Crippen LogP contribution in [0.25, 0.3) is 11.5 Å². The Labute approximate surface area is 167 Å². The lowest BCUT2D eigenvalue weighted by molar-refractivity contribution is -0.122. The number of halogens is 1. The molecule has 0 aromatic carbocycles. The molecular formula is C20H24FN5O3. The highest BCUT2D eigenvalue weighted by atomic mass is 19.1. The summed E-state index contributed by atoms with van der Waals surface area (Å²) in [6.07, 6.45) is 4.39. The minimum Gasteiger partial charge on any atom is -0.417 e. The lowest BCUT2D eigenvalue weighted by Crippen LogP contribution is -2.53. The summed E-state index contributed by atoms with van der Waals surface area (Å²) in [5.41, 5.74) is 1.66. The molecule has 2 aliphatic rings. The van der Waals surface area contributed by atoms with Crippen LogP contribution in [0.3, 0.4) is 0 Å². The Bertz CT molecular complexity index is 929. The fourth-order valence-corrected chi connectivity index (χ4v) is 4.05.